The molecule has 23 heavy (non-hydrogen) atoms. The molecule has 0 saturated carbocycles. The van der Waals surface area contributed by atoms with Crippen LogP contribution in [0, 0.1) is 11.8 Å². The molecule has 0 aliphatic carbocycles. The fourth-order valence-electron chi connectivity index (χ4n) is 3.30. The van der Waals surface area contributed by atoms with E-state index in [-0.39, 0.29) is 18.3 Å². The first-order valence-corrected chi connectivity index (χ1v) is 8.54. The van der Waals surface area contributed by atoms with Crippen molar-refractivity contribution in [2.45, 2.75) is 6.42 Å². The van der Waals surface area contributed by atoms with Gasteiger partial charge in [-0.2, -0.15) is 0 Å². The van der Waals surface area contributed by atoms with Crippen molar-refractivity contribution in [1.82, 2.24) is 10.2 Å². The van der Waals surface area contributed by atoms with E-state index in [0.717, 1.165) is 38.5 Å². The van der Waals surface area contributed by atoms with Gasteiger partial charge in [0.05, 0.1) is 22.3 Å². The number of carbonyl (C=O) groups is 1. The highest BCUT2D eigenvalue weighted by atomic mass is 35.5. The van der Waals surface area contributed by atoms with Gasteiger partial charge in [0.1, 0.15) is 0 Å². The topological polar surface area (TPSA) is 44.4 Å². The minimum atomic E-state index is -0.101. The third kappa shape index (κ3) is 4.65. The first-order valence-electron chi connectivity index (χ1n) is 7.40. The van der Waals surface area contributed by atoms with Crippen LogP contribution in [0.5, 0.6) is 0 Å². The fraction of sp³-hybridized carbons (Fsp3) is 0.533. The molecule has 0 radical (unpaired) electrons. The molecule has 2 unspecified atom stereocenters. The highest BCUT2D eigenvalue weighted by Gasteiger charge is 2.33. The van der Waals surface area contributed by atoms with Gasteiger partial charge in [-0.3, -0.25) is 9.69 Å². The van der Waals surface area contributed by atoms with Crippen LogP contribution in [0.15, 0.2) is 12.1 Å². The van der Waals surface area contributed by atoms with Gasteiger partial charge < -0.3 is 10.6 Å². The second-order valence-corrected chi connectivity index (χ2v) is 7.25. The van der Waals surface area contributed by atoms with E-state index in [4.69, 9.17) is 34.8 Å². The minimum absolute atomic E-state index is 0. The van der Waals surface area contributed by atoms with Crippen LogP contribution in [0.25, 0.3) is 0 Å². The smallest absolute Gasteiger partial charge is 0.238 e. The zero-order valence-electron chi connectivity index (χ0n) is 12.4. The van der Waals surface area contributed by atoms with Crippen LogP contribution < -0.4 is 10.6 Å². The molecular formula is C15H19Cl4N3O. The molecule has 3 rings (SSSR count). The zero-order valence-corrected chi connectivity index (χ0v) is 15.5. The van der Waals surface area contributed by atoms with Crippen molar-refractivity contribution in [1.29, 1.82) is 0 Å². The monoisotopic (exact) mass is 397 g/mol. The van der Waals surface area contributed by atoms with Gasteiger partial charge in [-0.1, -0.05) is 34.8 Å². The Morgan fingerprint density at radius 3 is 2.57 bits per heavy atom. The van der Waals surface area contributed by atoms with Crippen LogP contribution in [-0.4, -0.2) is 43.5 Å². The van der Waals surface area contributed by atoms with Crippen molar-refractivity contribution >= 4 is 58.8 Å². The SMILES string of the molecule is Cl.O=C(CN1CCC2CNCC2C1)Nc1c(Cl)cc(Cl)cc1Cl. The Morgan fingerprint density at radius 1 is 1.22 bits per heavy atom. The van der Waals surface area contributed by atoms with Crippen LogP contribution >= 0.6 is 47.2 Å². The number of nitrogens with zero attached hydrogens (tertiary/aromatic N) is 1. The highest BCUT2D eigenvalue weighted by molar-refractivity contribution is 6.42. The lowest BCUT2D eigenvalue weighted by atomic mass is 9.89. The van der Waals surface area contributed by atoms with Gasteiger partial charge >= 0.3 is 0 Å². The minimum Gasteiger partial charge on any atom is -0.322 e. The largest absolute Gasteiger partial charge is 0.322 e. The molecule has 1 amide bonds. The van der Waals surface area contributed by atoms with E-state index in [2.05, 4.69) is 15.5 Å². The Labute approximate surface area is 157 Å². The number of piperidine rings is 1. The fourth-order valence-corrected chi connectivity index (χ4v) is 4.21. The second-order valence-electron chi connectivity index (χ2n) is 5.99. The number of amides is 1. The number of anilines is 1. The number of halogens is 4. The van der Waals surface area contributed by atoms with E-state index in [1.807, 2.05) is 0 Å². The molecule has 1 aromatic carbocycles. The number of fused-ring (bicyclic) bond motifs is 1. The quantitative estimate of drug-likeness (QED) is 0.818. The first kappa shape index (κ1) is 19.1. The van der Waals surface area contributed by atoms with Gasteiger partial charge in [0.25, 0.3) is 0 Å². The zero-order chi connectivity index (χ0) is 15.7. The Bertz CT molecular complexity index is 561. The molecule has 1 aromatic rings. The van der Waals surface area contributed by atoms with Crippen LogP contribution in [0.3, 0.4) is 0 Å². The summed E-state index contributed by atoms with van der Waals surface area (Å²) in [4.78, 5) is 14.4. The number of likely N-dealkylation sites (tertiary alicyclic amines) is 1. The summed E-state index contributed by atoms with van der Waals surface area (Å²) < 4.78 is 0. The van der Waals surface area contributed by atoms with E-state index < -0.39 is 0 Å². The third-order valence-corrected chi connectivity index (χ3v) is 5.24. The van der Waals surface area contributed by atoms with Crippen molar-refractivity contribution in [3.63, 3.8) is 0 Å². The van der Waals surface area contributed by atoms with Crippen molar-refractivity contribution in [2.24, 2.45) is 11.8 Å². The van der Waals surface area contributed by atoms with Crippen LogP contribution in [0.4, 0.5) is 5.69 Å². The molecule has 2 heterocycles. The molecule has 2 aliphatic rings. The van der Waals surface area contributed by atoms with Gasteiger partial charge in [-0.05, 0) is 50.0 Å². The molecule has 0 aromatic heterocycles. The Kier molecular flexibility index (Phi) is 6.84. The van der Waals surface area contributed by atoms with E-state index in [0.29, 0.717) is 33.2 Å². The highest BCUT2D eigenvalue weighted by Crippen LogP contribution is 2.33. The van der Waals surface area contributed by atoms with Crippen LogP contribution in [0.2, 0.25) is 15.1 Å². The molecular weight excluding hydrogens is 380 g/mol. The van der Waals surface area contributed by atoms with Crippen LogP contribution in [0.1, 0.15) is 6.42 Å². The number of rotatable bonds is 3. The summed E-state index contributed by atoms with van der Waals surface area (Å²) in [7, 11) is 0. The van der Waals surface area contributed by atoms with Crippen molar-refractivity contribution < 1.29 is 4.79 Å². The van der Waals surface area contributed by atoms with Gasteiger partial charge in [-0.15, -0.1) is 12.4 Å². The maximum absolute atomic E-state index is 12.2. The summed E-state index contributed by atoms with van der Waals surface area (Å²) in [6, 6.07) is 3.14. The Balaban J connectivity index is 0.00000192. The normalized spacial score (nSPS) is 24.0. The van der Waals surface area contributed by atoms with Crippen molar-refractivity contribution in [3.8, 4) is 0 Å². The first-order chi connectivity index (χ1) is 10.5. The predicted molar refractivity (Wildman–Crippen MR) is 98.3 cm³/mol. The summed E-state index contributed by atoms with van der Waals surface area (Å²) in [6.45, 7) is 4.45. The van der Waals surface area contributed by atoms with Gasteiger partial charge in [0.15, 0.2) is 0 Å². The summed E-state index contributed by atoms with van der Waals surface area (Å²) >= 11 is 18.0. The molecule has 0 bridgehead atoms. The average Bonchev–Trinajstić information content (AvgIpc) is 2.90. The summed E-state index contributed by atoms with van der Waals surface area (Å²) in [5.74, 6) is 1.32. The van der Waals surface area contributed by atoms with Gasteiger partial charge in [0.2, 0.25) is 5.91 Å². The molecule has 2 fully saturated rings. The molecule has 2 saturated heterocycles. The summed E-state index contributed by atoms with van der Waals surface area (Å²) in [5.41, 5.74) is 0.426. The Hall–Kier alpha value is -0.230. The lowest BCUT2D eigenvalue weighted by molar-refractivity contribution is -0.117. The maximum atomic E-state index is 12.2. The van der Waals surface area contributed by atoms with E-state index in [1.54, 1.807) is 12.1 Å². The van der Waals surface area contributed by atoms with E-state index in [9.17, 15) is 4.79 Å². The molecule has 8 heteroatoms. The van der Waals surface area contributed by atoms with E-state index in [1.165, 1.54) is 0 Å². The number of hydrogen-bond donors (Lipinski definition) is 2. The predicted octanol–water partition coefficient (Wildman–Crippen LogP) is 3.55. The standard InChI is InChI=1S/C15H18Cl3N3O.ClH/c16-11-3-12(17)15(13(18)4-11)20-14(22)8-21-2-1-9-5-19-6-10(9)7-21;/h3-4,9-10,19H,1-2,5-8H2,(H,20,22);1H. The van der Waals surface area contributed by atoms with Gasteiger partial charge in [0, 0.05) is 11.6 Å². The molecule has 128 valence electrons. The molecule has 0 spiro atoms. The number of hydrogen-bond acceptors (Lipinski definition) is 3. The molecule has 2 N–H and O–H groups in total. The Morgan fingerprint density at radius 2 is 1.87 bits per heavy atom. The van der Waals surface area contributed by atoms with Crippen molar-refractivity contribution in [3.05, 3.63) is 27.2 Å². The van der Waals surface area contributed by atoms with Gasteiger partial charge in [-0.25, -0.2) is 0 Å². The van der Waals surface area contributed by atoms with Crippen LogP contribution in [-0.2, 0) is 4.79 Å². The third-order valence-electron chi connectivity index (χ3n) is 4.43. The second kappa shape index (κ2) is 8.24. The number of benzene rings is 1. The summed E-state index contributed by atoms with van der Waals surface area (Å²) in [6.07, 6.45) is 1.15. The lowest BCUT2D eigenvalue weighted by Gasteiger charge is -2.33. The average molecular weight is 399 g/mol. The lowest BCUT2D eigenvalue weighted by Crippen LogP contribution is -2.43. The van der Waals surface area contributed by atoms with Crippen molar-refractivity contribution in [2.75, 3.05) is 38.0 Å². The number of carbonyl (C=O) groups excluding carboxylic acids is 1. The van der Waals surface area contributed by atoms with E-state index >= 15 is 0 Å². The summed E-state index contributed by atoms with van der Waals surface area (Å²) in [5, 5.41) is 7.37. The maximum Gasteiger partial charge on any atom is 0.238 e. The number of nitrogens with one attached hydrogen (secondary N) is 2. The molecule has 2 atom stereocenters. The molecule has 4 nitrogen and oxygen atoms in total. The molecule has 2 aliphatic heterocycles.